The third-order valence-electron chi connectivity index (χ3n) is 3.34. The van der Waals surface area contributed by atoms with Crippen LogP contribution in [0.25, 0.3) is 0 Å². The fourth-order valence-electron chi connectivity index (χ4n) is 2.17. The number of rotatable bonds is 7. The van der Waals surface area contributed by atoms with Crippen LogP contribution < -0.4 is 18.9 Å². The predicted molar refractivity (Wildman–Crippen MR) is 86.7 cm³/mol. The molecule has 0 spiro atoms. The Morgan fingerprint density at radius 3 is 1.96 bits per heavy atom. The van der Waals surface area contributed by atoms with Crippen molar-refractivity contribution in [3.63, 3.8) is 0 Å². The van der Waals surface area contributed by atoms with Crippen LogP contribution >= 0.6 is 0 Å². The summed E-state index contributed by atoms with van der Waals surface area (Å²) in [7, 11) is -1.09. The third kappa shape index (κ3) is 5.02. The molecular weight excluding hydrogens is 375 g/mol. The highest BCUT2D eigenvalue weighted by Crippen LogP contribution is 2.29. The highest BCUT2D eigenvalue weighted by molar-refractivity contribution is 7.89. The predicted octanol–water partition coefficient (Wildman–Crippen LogP) is 3.08. The summed E-state index contributed by atoms with van der Waals surface area (Å²) in [4.78, 5) is -0.208. The quantitative estimate of drug-likeness (QED) is 0.785. The molecular formula is C16H16F3NO5S. The molecule has 2 rings (SSSR count). The SMILES string of the molecule is COc1cccc(OC)c1CNS(=O)(=O)c1ccc(OC(F)(F)F)cc1. The van der Waals surface area contributed by atoms with E-state index in [1.807, 2.05) is 0 Å². The molecule has 1 N–H and O–H groups in total. The summed E-state index contributed by atoms with van der Waals surface area (Å²) < 4.78 is 77.6. The Hall–Kier alpha value is -2.46. The average molecular weight is 391 g/mol. The molecule has 0 amide bonds. The molecule has 0 saturated carbocycles. The zero-order valence-electron chi connectivity index (χ0n) is 13.8. The van der Waals surface area contributed by atoms with Gasteiger partial charge in [-0.1, -0.05) is 6.07 Å². The van der Waals surface area contributed by atoms with Gasteiger partial charge in [0.2, 0.25) is 10.0 Å². The Labute approximate surface area is 148 Å². The third-order valence-corrected chi connectivity index (χ3v) is 4.75. The second-order valence-corrected chi connectivity index (χ2v) is 6.75. The second kappa shape index (κ2) is 7.83. The Morgan fingerprint density at radius 2 is 1.50 bits per heavy atom. The highest BCUT2D eigenvalue weighted by atomic mass is 32.2. The lowest BCUT2D eigenvalue weighted by molar-refractivity contribution is -0.274. The number of hydrogen-bond acceptors (Lipinski definition) is 5. The van der Waals surface area contributed by atoms with Gasteiger partial charge < -0.3 is 14.2 Å². The minimum absolute atomic E-state index is 0.129. The van der Waals surface area contributed by atoms with Gasteiger partial charge in [-0.25, -0.2) is 13.1 Å². The van der Waals surface area contributed by atoms with Gasteiger partial charge in [0.25, 0.3) is 0 Å². The van der Waals surface area contributed by atoms with Gasteiger partial charge in [0.05, 0.1) is 24.7 Å². The van der Waals surface area contributed by atoms with Crippen molar-refractivity contribution in [2.75, 3.05) is 14.2 Å². The molecule has 6 nitrogen and oxygen atoms in total. The van der Waals surface area contributed by atoms with E-state index in [0.29, 0.717) is 17.1 Å². The van der Waals surface area contributed by atoms with Crippen molar-refractivity contribution in [2.24, 2.45) is 0 Å². The van der Waals surface area contributed by atoms with E-state index < -0.39 is 22.1 Å². The van der Waals surface area contributed by atoms with Crippen LogP contribution in [0.1, 0.15) is 5.56 Å². The number of hydrogen-bond donors (Lipinski definition) is 1. The molecule has 0 heterocycles. The van der Waals surface area contributed by atoms with E-state index in [0.717, 1.165) is 24.3 Å². The van der Waals surface area contributed by atoms with E-state index in [2.05, 4.69) is 9.46 Å². The van der Waals surface area contributed by atoms with Gasteiger partial charge in [-0.2, -0.15) is 0 Å². The van der Waals surface area contributed by atoms with Gasteiger partial charge in [0.15, 0.2) is 0 Å². The molecule has 0 aliphatic heterocycles. The molecule has 142 valence electrons. The molecule has 0 unspecified atom stereocenters. The molecule has 0 aliphatic carbocycles. The number of sulfonamides is 1. The molecule has 2 aromatic carbocycles. The van der Waals surface area contributed by atoms with E-state index >= 15 is 0 Å². The second-order valence-electron chi connectivity index (χ2n) is 4.98. The number of benzene rings is 2. The van der Waals surface area contributed by atoms with Crippen molar-refractivity contribution in [1.82, 2.24) is 4.72 Å². The molecule has 10 heteroatoms. The molecule has 0 fully saturated rings. The molecule has 0 bridgehead atoms. The maximum Gasteiger partial charge on any atom is 0.573 e. The lowest BCUT2D eigenvalue weighted by Gasteiger charge is -2.14. The fraction of sp³-hybridized carbons (Fsp3) is 0.250. The number of ether oxygens (including phenoxy) is 3. The minimum atomic E-state index is -4.85. The standard InChI is InChI=1S/C16H16F3NO5S/c1-23-14-4-3-5-15(24-2)13(14)10-20-26(21,22)12-8-6-11(7-9-12)25-16(17,18)19/h3-9,20H,10H2,1-2H3. The van der Waals surface area contributed by atoms with Crippen LogP contribution in [0.3, 0.4) is 0 Å². The summed E-state index contributed by atoms with van der Waals surface area (Å²) in [5, 5.41) is 0. The first-order valence-corrected chi connectivity index (χ1v) is 8.70. The van der Waals surface area contributed by atoms with E-state index in [4.69, 9.17) is 9.47 Å². The Balaban J connectivity index is 2.17. The topological polar surface area (TPSA) is 73.9 Å². The maximum absolute atomic E-state index is 12.3. The van der Waals surface area contributed by atoms with Crippen molar-refractivity contribution >= 4 is 10.0 Å². The van der Waals surface area contributed by atoms with Crippen LogP contribution in [-0.2, 0) is 16.6 Å². The van der Waals surface area contributed by atoms with Crippen molar-refractivity contribution in [3.8, 4) is 17.2 Å². The number of halogens is 3. The smallest absolute Gasteiger partial charge is 0.496 e. The number of methoxy groups -OCH3 is 2. The van der Waals surface area contributed by atoms with Gasteiger partial charge in [-0.15, -0.1) is 13.2 Å². The van der Waals surface area contributed by atoms with Crippen LogP contribution in [-0.4, -0.2) is 29.0 Å². The van der Waals surface area contributed by atoms with E-state index in [-0.39, 0.29) is 11.4 Å². The molecule has 26 heavy (non-hydrogen) atoms. The Morgan fingerprint density at radius 1 is 0.962 bits per heavy atom. The molecule has 0 saturated heterocycles. The monoisotopic (exact) mass is 391 g/mol. The van der Waals surface area contributed by atoms with E-state index in [1.165, 1.54) is 14.2 Å². The van der Waals surface area contributed by atoms with E-state index in [1.54, 1.807) is 18.2 Å². The van der Waals surface area contributed by atoms with Gasteiger partial charge >= 0.3 is 6.36 Å². The Bertz CT molecular complexity index is 829. The van der Waals surface area contributed by atoms with Gasteiger partial charge in [-0.3, -0.25) is 0 Å². The van der Waals surface area contributed by atoms with Crippen LogP contribution in [0.2, 0.25) is 0 Å². The normalized spacial score (nSPS) is 11.9. The summed E-state index contributed by atoms with van der Waals surface area (Å²) in [6.45, 7) is -0.129. The van der Waals surface area contributed by atoms with Crippen molar-refractivity contribution in [1.29, 1.82) is 0 Å². The van der Waals surface area contributed by atoms with Gasteiger partial charge in [0.1, 0.15) is 17.2 Å². The summed E-state index contributed by atoms with van der Waals surface area (Å²) in [6, 6.07) is 8.86. The van der Waals surface area contributed by atoms with Gasteiger partial charge in [0, 0.05) is 6.54 Å². The average Bonchev–Trinajstić information content (AvgIpc) is 2.58. The molecule has 0 radical (unpaired) electrons. The summed E-state index contributed by atoms with van der Waals surface area (Å²) in [5.74, 6) is 0.352. The van der Waals surface area contributed by atoms with Crippen molar-refractivity contribution in [3.05, 3.63) is 48.0 Å². The molecule has 0 aliphatic rings. The van der Waals surface area contributed by atoms with Crippen molar-refractivity contribution in [2.45, 2.75) is 17.8 Å². The first-order chi connectivity index (χ1) is 12.2. The molecule has 2 aromatic rings. The minimum Gasteiger partial charge on any atom is -0.496 e. The van der Waals surface area contributed by atoms with E-state index in [9.17, 15) is 21.6 Å². The van der Waals surface area contributed by atoms with Crippen LogP contribution in [0.5, 0.6) is 17.2 Å². The fourth-order valence-corrected chi connectivity index (χ4v) is 3.17. The summed E-state index contributed by atoms with van der Waals surface area (Å²) in [6.07, 6.45) is -4.85. The maximum atomic E-state index is 12.3. The summed E-state index contributed by atoms with van der Waals surface area (Å²) >= 11 is 0. The number of alkyl halides is 3. The first kappa shape index (κ1) is 19.9. The summed E-state index contributed by atoms with van der Waals surface area (Å²) in [5.41, 5.74) is 0.484. The van der Waals surface area contributed by atoms with Crippen molar-refractivity contribution < 1.29 is 35.8 Å². The van der Waals surface area contributed by atoms with Crippen LogP contribution in [0.15, 0.2) is 47.4 Å². The Kier molecular flexibility index (Phi) is 5.98. The zero-order valence-corrected chi connectivity index (χ0v) is 14.6. The van der Waals surface area contributed by atoms with Gasteiger partial charge in [-0.05, 0) is 36.4 Å². The van der Waals surface area contributed by atoms with Crippen LogP contribution in [0.4, 0.5) is 13.2 Å². The first-order valence-electron chi connectivity index (χ1n) is 7.21. The largest absolute Gasteiger partial charge is 0.573 e. The zero-order chi connectivity index (χ0) is 19.4. The van der Waals surface area contributed by atoms with Crippen LogP contribution in [0, 0.1) is 0 Å². The lowest BCUT2D eigenvalue weighted by Crippen LogP contribution is -2.24. The number of nitrogens with one attached hydrogen (secondary N) is 1. The molecule has 0 atom stereocenters. The molecule has 0 aromatic heterocycles. The highest BCUT2D eigenvalue weighted by Gasteiger charge is 2.31. The lowest BCUT2D eigenvalue weighted by atomic mass is 10.2.